The van der Waals surface area contributed by atoms with Crippen molar-refractivity contribution in [3.05, 3.63) is 35.4 Å². The molecular weight excluding hydrogens is 350 g/mol. The summed E-state index contributed by atoms with van der Waals surface area (Å²) in [5.41, 5.74) is 3.17. The van der Waals surface area contributed by atoms with Gasteiger partial charge in [-0.3, -0.25) is 9.27 Å². The van der Waals surface area contributed by atoms with Gasteiger partial charge in [0.05, 0.1) is 12.8 Å². The zero-order chi connectivity index (χ0) is 18.5. The van der Waals surface area contributed by atoms with E-state index in [-0.39, 0.29) is 0 Å². The van der Waals surface area contributed by atoms with Crippen LogP contribution in [-0.2, 0) is 16.7 Å². The first kappa shape index (κ1) is 17.9. The molecule has 4 atom stereocenters. The Kier molecular flexibility index (Phi) is 4.31. The van der Waals surface area contributed by atoms with Crippen molar-refractivity contribution in [3.8, 4) is 5.75 Å². The van der Waals surface area contributed by atoms with Crippen LogP contribution in [0.1, 0.15) is 56.1 Å². The predicted molar refractivity (Wildman–Crippen MR) is 102 cm³/mol. The quantitative estimate of drug-likeness (QED) is 0.605. The molecule has 0 bridgehead atoms. The molecule has 1 aromatic rings. The van der Waals surface area contributed by atoms with Crippen molar-refractivity contribution < 1.29 is 17.7 Å². The number of fused-ring (bicyclic) bond motifs is 5. The molecule has 0 saturated heterocycles. The summed E-state index contributed by atoms with van der Waals surface area (Å²) in [6.45, 7) is 2.32. The minimum atomic E-state index is -4.32. The lowest BCUT2D eigenvalue weighted by molar-refractivity contribution is 0.0654. The SMILES string of the molecule is CC[C@@]12C=CC[C@H]1[C@@H]1CCc3cc(NS(=O)(=O)O)c(OC)cc3[C@H]1CC2. The summed E-state index contributed by atoms with van der Waals surface area (Å²) < 4.78 is 39.2. The second-order valence-corrected chi connectivity index (χ2v) is 9.16. The second-order valence-electron chi connectivity index (χ2n) is 8.01. The van der Waals surface area contributed by atoms with Gasteiger partial charge < -0.3 is 4.74 Å². The van der Waals surface area contributed by atoms with Crippen LogP contribution in [-0.4, -0.2) is 20.1 Å². The highest BCUT2D eigenvalue weighted by molar-refractivity contribution is 7.87. The summed E-state index contributed by atoms with van der Waals surface area (Å²) in [6.07, 6.45) is 11.7. The first-order valence-corrected chi connectivity index (χ1v) is 10.9. The number of allylic oxidation sites excluding steroid dienone is 2. The summed E-state index contributed by atoms with van der Waals surface area (Å²) in [6, 6.07) is 3.83. The maximum atomic E-state index is 11.2. The molecular formula is C20H27NO4S. The van der Waals surface area contributed by atoms with E-state index < -0.39 is 10.3 Å². The van der Waals surface area contributed by atoms with Crippen molar-refractivity contribution in [2.24, 2.45) is 17.3 Å². The zero-order valence-corrected chi connectivity index (χ0v) is 16.2. The Bertz CT molecular complexity index is 848. The van der Waals surface area contributed by atoms with Gasteiger partial charge in [-0.1, -0.05) is 19.1 Å². The number of hydrogen-bond acceptors (Lipinski definition) is 3. The smallest absolute Gasteiger partial charge is 0.357 e. The van der Waals surface area contributed by atoms with E-state index in [1.165, 1.54) is 43.9 Å². The molecule has 142 valence electrons. The number of aryl methyl sites for hydroxylation is 1. The molecule has 0 radical (unpaired) electrons. The Balaban J connectivity index is 1.71. The fourth-order valence-electron chi connectivity index (χ4n) is 5.85. The Labute approximate surface area is 155 Å². The molecule has 0 aliphatic heterocycles. The van der Waals surface area contributed by atoms with E-state index in [1.807, 2.05) is 12.1 Å². The third-order valence-electron chi connectivity index (χ3n) is 7.04. The summed E-state index contributed by atoms with van der Waals surface area (Å²) in [4.78, 5) is 0. The van der Waals surface area contributed by atoms with E-state index in [9.17, 15) is 8.42 Å². The van der Waals surface area contributed by atoms with Crippen molar-refractivity contribution in [1.82, 2.24) is 0 Å². The standard InChI is InChI=1S/C20H27NO4S/c1-3-20-9-4-5-17(20)15-7-6-13-11-18(21-26(22,23)24)19(25-2)12-16(13)14(15)8-10-20/h4,9,11-12,14-15,17,21H,3,5-8,10H2,1-2H3,(H,22,23,24)/t14-,15+,17-,20-/m0/s1. The Morgan fingerprint density at radius 2 is 2.15 bits per heavy atom. The van der Waals surface area contributed by atoms with Crippen LogP contribution in [0.5, 0.6) is 5.75 Å². The number of ether oxygens (including phenoxy) is 1. The van der Waals surface area contributed by atoms with Crippen molar-refractivity contribution >= 4 is 16.0 Å². The predicted octanol–water partition coefficient (Wildman–Crippen LogP) is 4.32. The average Bonchev–Trinajstić information content (AvgIpc) is 3.04. The van der Waals surface area contributed by atoms with E-state index in [0.29, 0.717) is 28.7 Å². The average molecular weight is 378 g/mol. The van der Waals surface area contributed by atoms with E-state index in [2.05, 4.69) is 23.8 Å². The molecule has 1 fully saturated rings. The van der Waals surface area contributed by atoms with Gasteiger partial charge in [0.1, 0.15) is 5.75 Å². The molecule has 1 saturated carbocycles. The van der Waals surface area contributed by atoms with Gasteiger partial charge in [-0.05, 0) is 85.0 Å². The van der Waals surface area contributed by atoms with Gasteiger partial charge in [-0.15, -0.1) is 0 Å². The molecule has 4 rings (SSSR count). The number of rotatable bonds is 4. The molecule has 1 aromatic carbocycles. The molecule has 3 aliphatic carbocycles. The summed E-state index contributed by atoms with van der Waals surface area (Å²) in [5, 5.41) is 0. The fourth-order valence-corrected chi connectivity index (χ4v) is 6.29. The molecule has 0 spiro atoms. The number of hydrogen-bond donors (Lipinski definition) is 2. The van der Waals surface area contributed by atoms with E-state index in [4.69, 9.17) is 9.29 Å². The van der Waals surface area contributed by atoms with Crippen molar-refractivity contribution in [2.75, 3.05) is 11.8 Å². The highest BCUT2D eigenvalue weighted by atomic mass is 32.2. The first-order chi connectivity index (χ1) is 12.4. The van der Waals surface area contributed by atoms with Crippen LogP contribution in [0.15, 0.2) is 24.3 Å². The third-order valence-corrected chi connectivity index (χ3v) is 7.52. The van der Waals surface area contributed by atoms with Gasteiger partial charge in [0.2, 0.25) is 0 Å². The maximum Gasteiger partial charge on any atom is 0.357 e. The lowest BCUT2D eigenvalue weighted by Gasteiger charge is -2.50. The van der Waals surface area contributed by atoms with Crippen LogP contribution < -0.4 is 9.46 Å². The number of benzene rings is 1. The van der Waals surface area contributed by atoms with Crippen molar-refractivity contribution in [3.63, 3.8) is 0 Å². The monoisotopic (exact) mass is 377 g/mol. The Morgan fingerprint density at radius 1 is 1.35 bits per heavy atom. The lowest BCUT2D eigenvalue weighted by Crippen LogP contribution is -2.41. The molecule has 6 heteroatoms. The molecule has 5 nitrogen and oxygen atoms in total. The van der Waals surface area contributed by atoms with Crippen LogP contribution in [0.25, 0.3) is 0 Å². The second kappa shape index (κ2) is 6.27. The molecule has 26 heavy (non-hydrogen) atoms. The number of anilines is 1. The summed E-state index contributed by atoms with van der Waals surface area (Å²) in [7, 11) is -2.79. The summed E-state index contributed by atoms with van der Waals surface area (Å²) in [5.74, 6) is 2.38. The molecule has 0 amide bonds. The minimum Gasteiger partial charge on any atom is -0.495 e. The number of methoxy groups -OCH3 is 1. The van der Waals surface area contributed by atoms with Gasteiger partial charge in [0, 0.05) is 0 Å². The highest BCUT2D eigenvalue weighted by Gasteiger charge is 2.49. The minimum absolute atomic E-state index is 0.313. The van der Waals surface area contributed by atoms with E-state index in [0.717, 1.165) is 18.8 Å². The molecule has 0 aromatic heterocycles. The van der Waals surface area contributed by atoms with Gasteiger partial charge in [0.25, 0.3) is 0 Å². The van der Waals surface area contributed by atoms with Crippen LogP contribution in [0.4, 0.5) is 5.69 Å². The molecule has 2 N–H and O–H groups in total. The van der Waals surface area contributed by atoms with Crippen LogP contribution in [0, 0.1) is 17.3 Å². The zero-order valence-electron chi connectivity index (χ0n) is 15.4. The van der Waals surface area contributed by atoms with Crippen molar-refractivity contribution in [1.29, 1.82) is 0 Å². The Morgan fingerprint density at radius 3 is 2.85 bits per heavy atom. The highest BCUT2D eigenvalue weighted by Crippen LogP contribution is 2.60. The van der Waals surface area contributed by atoms with E-state index >= 15 is 0 Å². The van der Waals surface area contributed by atoms with E-state index in [1.54, 1.807) is 0 Å². The summed E-state index contributed by atoms with van der Waals surface area (Å²) >= 11 is 0. The molecule has 3 aliphatic rings. The van der Waals surface area contributed by atoms with Gasteiger partial charge in [-0.2, -0.15) is 8.42 Å². The normalized spacial score (nSPS) is 32.5. The third kappa shape index (κ3) is 2.83. The molecule has 0 heterocycles. The van der Waals surface area contributed by atoms with Crippen LogP contribution >= 0.6 is 0 Å². The Hall–Kier alpha value is -1.53. The van der Waals surface area contributed by atoms with Crippen molar-refractivity contribution in [2.45, 2.75) is 51.4 Å². The topological polar surface area (TPSA) is 75.6 Å². The largest absolute Gasteiger partial charge is 0.495 e. The van der Waals surface area contributed by atoms with Crippen LogP contribution in [0.2, 0.25) is 0 Å². The van der Waals surface area contributed by atoms with Gasteiger partial charge in [0.15, 0.2) is 0 Å². The lowest BCUT2D eigenvalue weighted by atomic mass is 9.54. The number of nitrogens with one attached hydrogen (secondary N) is 1. The first-order valence-electron chi connectivity index (χ1n) is 9.50. The van der Waals surface area contributed by atoms with Gasteiger partial charge in [-0.25, -0.2) is 0 Å². The van der Waals surface area contributed by atoms with Gasteiger partial charge >= 0.3 is 10.3 Å². The molecule has 0 unspecified atom stereocenters. The maximum absolute atomic E-state index is 11.2. The van der Waals surface area contributed by atoms with Crippen LogP contribution in [0.3, 0.4) is 0 Å². The fraction of sp³-hybridized carbons (Fsp3) is 0.600.